The van der Waals surface area contributed by atoms with Crippen LogP contribution in [0.4, 0.5) is 0 Å². The zero-order chi connectivity index (χ0) is 20.2. The van der Waals surface area contributed by atoms with Gasteiger partial charge in [-0.2, -0.15) is 0 Å². The summed E-state index contributed by atoms with van der Waals surface area (Å²) in [6.45, 7) is 3.72. The average Bonchev–Trinajstić information content (AvgIpc) is 3.32. The van der Waals surface area contributed by atoms with Gasteiger partial charge in [-0.1, -0.05) is 43.2 Å². The lowest BCUT2D eigenvalue weighted by molar-refractivity contribution is -0.891. The number of carbonyl (C=O) groups is 2. The number of likely N-dealkylation sites (tertiary alicyclic amines) is 1. The molecule has 1 N–H and O–H groups in total. The van der Waals surface area contributed by atoms with E-state index in [9.17, 15) is 14.7 Å². The van der Waals surface area contributed by atoms with Gasteiger partial charge in [0, 0.05) is 12.3 Å². The van der Waals surface area contributed by atoms with Crippen LogP contribution in [0, 0.1) is 5.92 Å². The summed E-state index contributed by atoms with van der Waals surface area (Å²) in [5, 5.41) is 11.5. The topological polar surface area (TPSA) is 72.8 Å². The van der Waals surface area contributed by atoms with E-state index in [1.807, 2.05) is 25.2 Å². The van der Waals surface area contributed by atoms with Crippen molar-refractivity contribution in [2.75, 3.05) is 33.3 Å². The molecule has 28 heavy (non-hydrogen) atoms. The molecule has 2 fully saturated rings. The molecular weight excluding hydrogens is 358 g/mol. The van der Waals surface area contributed by atoms with E-state index in [1.165, 1.54) is 0 Å². The van der Waals surface area contributed by atoms with Crippen LogP contribution in [-0.4, -0.2) is 60.9 Å². The largest absolute Gasteiger partial charge is 0.462 e. The van der Waals surface area contributed by atoms with E-state index in [4.69, 9.17) is 9.47 Å². The summed E-state index contributed by atoms with van der Waals surface area (Å²) in [6.07, 6.45) is 4.06. The van der Waals surface area contributed by atoms with Crippen molar-refractivity contribution in [1.29, 1.82) is 0 Å². The van der Waals surface area contributed by atoms with E-state index in [-0.39, 0.29) is 24.5 Å². The number of ether oxygens (including phenoxy) is 2. The van der Waals surface area contributed by atoms with Crippen molar-refractivity contribution in [3.8, 4) is 0 Å². The Hall–Kier alpha value is -1.92. The van der Waals surface area contributed by atoms with Gasteiger partial charge in [-0.3, -0.25) is 0 Å². The number of rotatable bonds is 7. The third-order valence-electron chi connectivity index (χ3n) is 6.20. The predicted molar refractivity (Wildman–Crippen MR) is 104 cm³/mol. The molecule has 1 heterocycles. The molecule has 0 amide bonds. The van der Waals surface area contributed by atoms with Gasteiger partial charge in [-0.25, -0.2) is 9.59 Å². The summed E-state index contributed by atoms with van der Waals surface area (Å²) in [5.41, 5.74) is -1.00. The number of carbonyl (C=O) groups excluding carboxylic acids is 2. The predicted octanol–water partition coefficient (Wildman–Crippen LogP) is 2.39. The summed E-state index contributed by atoms with van der Waals surface area (Å²) in [4.78, 5) is 25.0. The Morgan fingerprint density at radius 1 is 1.18 bits per heavy atom. The van der Waals surface area contributed by atoms with Crippen molar-refractivity contribution >= 4 is 11.9 Å². The summed E-state index contributed by atoms with van der Waals surface area (Å²) in [7, 11) is 1.98. The maximum absolute atomic E-state index is 13.2. The fourth-order valence-electron chi connectivity index (χ4n) is 4.69. The lowest BCUT2D eigenvalue weighted by Crippen LogP contribution is -2.48. The van der Waals surface area contributed by atoms with Crippen LogP contribution in [0.5, 0.6) is 0 Å². The molecule has 1 aromatic rings. The van der Waals surface area contributed by atoms with Crippen LogP contribution in [0.1, 0.15) is 44.6 Å². The van der Waals surface area contributed by atoms with Gasteiger partial charge in [-0.05, 0) is 25.3 Å². The van der Waals surface area contributed by atoms with Gasteiger partial charge in [-0.15, -0.1) is 0 Å². The highest BCUT2D eigenvalue weighted by Crippen LogP contribution is 2.42. The van der Waals surface area contributed by atoms with Crippen molar-refractivity contribution < 1.29 is 28.7 Å². The highest BCUT2D eigenvalue weighted by Gasteiger charge is 2.50. The molecule has 1 saturated carbocycles. The molecule has 1 aromatic carbocycles. The summed E-state index contributed by atoms with van der Waals surface area (Å²) >= 11 is 0. The molecule has 1 unspecified atom stereocenters. The molecule has 1 aliphatic carbocycles. The van der Waals surface area contributed by atoms with Crippen LogP contribution in [0.15, 0.2) is 30.3 Å². The number of esters is 2. The zero-order valence-corrected chi connectivity index (χ0v) is 16.9. The molecule has 0 radical (unpaired) electrons. The van der Waals surface area contributed by atoms with Gasteiger partial charge in [0.05, 0.1) is 20.2 Å². The molecule has 1 saturated heterocycles. The Kier molecular flexibility index (Phi) is 6.40. The normalized spacial score (nSPS) is 27.3. The second-order valence-electron chi connectivity index (χ2n) is 8.42. The molecule has 154 valence electrons. The summed E-state index contributed by atoms with van der Waals surface area (Å²) < 4.78 is 11.4. The zero-order valence-electron chi connectivity index (χ0n) is 16.9. The number of aliphatic hydroxyl groups is 1. The van der Waals surface area contributed by atoms with Crippen molar-refractivity contribution in [2.45, 2.75) is 50.7 Å². The maximum Gasteiger partial charge on any atom is 0.361 e. The Bertz CT molecular complexity index is 687. The minimum Gasteiger partial charge on any atom is -0.462 e. The molecule has 3 rings (SSSR count). The third-order valence-corrected chi connectivity index (χ3v) is 6.20. The van der Waals surface area contributed by atoms with E-state index in [0.29, 0.717) is 29.6 Å². The Balaban J connectivity index is 1.70. The standard InChI is InChI=1S/C22H32NO5/c1-3-27-20(24)16-23(2)14-13-19(15-23)28-21(25)22(26,18-11-7-8-12-18)17-9-5-4-6-10-17/h4-6,9-10,18-19,26H,3,7-8,11-16H2,1-2H3/q+1/t19-,22-,23?/m1/s1. The monoisotopic (exact) mass is 390 g/mol. The van der Waals surface area contributed by atoms with Crippen LogP contribution in [-0.2, 0) is 24.7 Å². The van der Waals surface area contributed by atoms with Crippen LogP contribution >= 0.6 is 0 Å². The molecule has 3 atom stereocenters. The SMILES string of the molecule is CCOC(=O)C[N+]1(C)CC[C@@H](OC(=O)[C@@](O)(c2ccccc2)C2CCCC2)C1. The van der Waals surface area contributed by atoms with E-state index >= 15 is 0 Å². The lowest BCUT2D eigenvalue weighted by atomic mass is 9.80. The number of hydrogen-bond acceptors (Lipinski definition) is 5. The lowest BCUT2D eigenvalue weighted by Gasteiger charge is -2.33. The number of quaternary nitrogens is 1. The van der Waals surface area contributed by atoms with Gasteiger partial charge in [0.1, 0.15) is 6.54 Å². The smallest absolute Gasteiger partial charge is 0.361 e. The van der Waals surface area contributed by atoms with Gasteiger partial charge >= 0.3 is 11.9 Å². The first-order chi connectivity index (χ1) is 13.4. The van der Waals surface area contributed by atoms with Crippen molar-refractivity contribution in [3.63, 3.8) is 0 Å². The summed E-state index contributed by atoms with van der Waals surface area (Å²) in [6, 6.07) is 9.15. The number of benzene rings is 1. The van der Waals surface area contributed by atoms with Crippen LogP contribution < -0.4 is 0 Å². The van der Waals surface area contributed by atoms with Gasteiger partial charge < -0.3 is 19.1 Å². The third kappa shape index (κ3) is 4.39. The first kappa shape index (κ1) is 20.8. The first-order valence-electron chi connectivity index (χ1n) is 10.4. The maximum atomic E-state index is 13.2. The Morgan fingerprint density at radius 2 is 1.86 bits per heavy atom. The molecular formula is C22H32NO5+. The van der Waals surface area contributed by atoms with Crippen molar-refractivity contribution in [3.05, 3.63) is 35.9 Å². The quantitative estimate of drug-likeness (QED) is 0.572. The van der Waals surface area contributed by atoms with Gasteiger partial charge in [0.2, 0.25) is 0 Å². The van der Waals surface area contributed by atoms with E-state index in [1.54, 1.807) is 19.1 Å². The Morgan fingerprint density at radius 3 is 2.50 bits per heavy atom. The molecule has 6 nitrogen and oxygen atoms in total. The number of nitrogens with zero attached hydrogens (tertiary/aromatic N) is 1. The highest BCUT2D eigenvalue weighted by atomic mass is 16.6. The van der Waals surface area contributed by atoms with Crippen molar-refractivity contribution in [2.24, 2.45) is 5.92 Å². The second-order valence-corrected chi connectivity index (χ2v) is 8.42. The van der Waals surface area contributed by atoms with Gasteiger partial charge in [0.25, 0.3) is 0 Å². The van der Waals surface area contributed by atoms with E-state index in [0.717, 1.165) is 32.2 Å². The average molecular weight is 391 g/mol. The van der Waals surface area contributed by atoms with Crippen LogP contribution in [0.2, 0.25) is 0 Å². The molecule has 0 bridgehead atoms. The fourth-order valence-corrected chi connectivity index (χ4v) is 4.69. The number of likely N-dealkylation sites (N-methyl/N-ethyl adjacent to an activating group) is 1. The molecule has 2 aliphatic rings. The van der Waals surface area contributed by atoms with E-state index < -0.39 is 11.6 Å². The van der Waals surface area contributed by atoms with Gasteiger partial charge in [0.15, 0.2) is 18.2 Å². The fraction of sp³-hybridized carbons (Fsp3) is 0.636. The van der Waals surface area contributed by atoms with E-state index in [2.05, 4.69) is 0 Å². The van der Waals surface area contributed by atoms with Crippen molar-refractivity contribution in [1.82, 2.24) is 0 Å². The minimum atomic E-state index is -1.61. The molecule has 1 aliphatic heterocycles. The minimum absolute atomic E-state index is 0.121. The number of hydrogen-bond donors (Lipinski definition) is 1. The molecule has 6 heteroatoms. The highest BCUT2D eigenvalue weighted by molar-refractivity contribution is 5.81. The van der Waals surface area contributed by atoms with Crippen LogP contribution in [0.25, 0.3) is 0 Å². The molecule has 0 aromatic heterocycles. The molecule has 0 spiro atoms. The second kappa shape index (κ2) is 8.62. The Labute approximate surface area is 167 Å². The summed E-state index contributed by atoms with van der Waals surface area (Å²) in [5.74, 6) is -0.909. The first-order valence-corrected chi connectivity index (χ1v) is 10.4. The van der Waals surface area contributed by atoms with Crippen LogP contribution in [0.3, 0.4) is 0 Å².